The monoisotopic (exact) mass is 256 g/mol. The van der Waals surface area contributed by atoms with Gasteiger partial charge in [0.1, 0.15) is 0 Å². The van der Waals surface area contributed by atoms with Crippen LogP contribution in [0.15, 0.2) is 5.16 Å². The van der Waals surface area contributed by atoms with Crippen molar-refractivity contribution in [1.29, 1.82) is 0 Å². The summed E-state index contributed by atoms with van der Waals surface area (Å²) in [6.45, 7) is 5.75. The van der Waals surface area contributed by atoms with E-state index in [0.717, 1.165) is 32.4 Å². The largest absolute Gasteiger partial charge is 0.409 e. The van der Waals surface area contributed by atoms with Crippen molar-refractivity contribution in [2.45, 2.75) is 45.6 Å². The number of carbonyl (C=O) groups excluding carboxylic acids is 1. The summed E-state index contributed by atoms with van der Waals surface area (Å²) in [7, 11) is 0. The van der Waals surface area contributed by atoms with Crippen molar-refractivity contribution in [3.63, 3.8) is 0 Å². The standard InChI is InChI=1S/C12H24N4O2/c1-3-4-10(11(13)15-18)14-12(17)16-7-5-9(2)6-8-16/h9-10,18H,3-8H2,1-2H3,(H2,13,15)(H,14,17). The Balaban J connectivity index is 2.50. The Morgan fingerprint density at radius 2 is 2.17 bits per heavy atom. The molecule has 1 unspecified atom stereocenters. The molecule has 1 aliphatic rings. The zero-order valence-corrected chi connectivity index (χ0v) is 11.2. The van der Waals surface area contributed by atoms with Gasteiger partial charge in [0, 0.05) is 13.1 Å². The van der Waals surface area contributed by atoms with Crippen molar-refractivity contribution < 1.29 is 10.0 Å². The van der Waals surface area contributed by atoms with E-state index in [0.29, 0.717) is 12.3 Å². The molecule has 4 N–H and O–H groups in total. The molecule has 0 bridgehead atoms. The molecule has 18 heavy (non-hydrogen) atoms. The Morgan fingerprint density at radius 1 is 1.56 bits per heavy atom. The van der Waals surface area contributed by atoms with Crippen molar-refractivity contribution in [1.82, 2.24) is 10.2 Å². The molecule has 1 saturated heterocycles. The maximum atomic E-state index is 12.0. The normalized spacial score (nSPS) is 19.7. The van der Waals surface area contributed by atoms with Crippen molar-refractivity contribution >= 4 is 11.9 Å². The average Bonchev–Trinajstić information content (AvgIpc) is 2.38. The number of piperidine rings is 1. The molecular formula is C12H24N4O2. The maximum Gasteiger partial charge on any atom is 0.317 e. The minimum atomic E-state index is -0.383. The fourth-order valence-corrected chi connectivity index (χ4v) is 2.10. The van der Waals surface area contributed by atoms with Crippen LogP contribution in [0.25, 0.3) is 0 Å². The second-order valence-electron chi connectivity index (χ2n) is 4.99. The number of hydrogen-bond acceptors (Lipinski definition) is 3. The quantitative estimate of drug-likeness (QED) is 0.307. The van der Waals surface area contributed by atoms with Gasteiger partial charge in [-0.2, -0.15) is 0 Å². The molecule has 1 aliphatic heterocycles. The number of nitrogens with one attached hydrogen (secondary N) is 1. The van der Waals surface area contributed by atoms with Crippen LogP contribution in [0.4, 0.5) is 4.79 Å². The van der Waals surface area contributed by atoms with Gasteiger partial charge in [0.2, 0.25) is 0 Å². The second kappa shape index (κ2) is 7.08. The summed E-state index contributed by atoms with van der Waals surface area (Å²) in [4.78, 5) is 13.8. The highest BCUT2D eigenvalue weighted by molar-refractivity contribution is 5.89. The maximum absolute atomic E-state index is 12.0. The number of rotatable bonds is 4. The highest BCUT2D eigenvalue weighted by Gasteiger charge is 2.23. The van der Waals surface area contributed by atoms with E-state index < -0.39 is 0 Å². The van der Waals surface area contributed by atoms with Crippen molar-refractivity contribution in [3.05, 3.63) is 0 Å². The van der Waals surface area contributed by atoms with Crippen molar-refractivity contribution in [3.8, 4) is 0 Å². The van der Waals surface area contributed by atoms with E-state index in [1.54, 1.807) is 4.90 Å². The summed E-state index contributed by atoms with van der Waals surface area (Å²) < 4.78 is 0. The number of urea groups is 1. The minimum absolute atomic E-state index is 0.0653. The lowest BCUT2D eigenvalue weighted by Crippen LogP contribution is -2.51. The molecule has 0 aromatic carbocycles. The lowest BCUT2D eigenvalue weighted by molar-refractivity contribution is 0.172. The third kappa shape index (κ3) is 4.09. The predicted molar refractivity (Wildman–Crippen MR) is 70.6 cm³/mol. The molecule has 0 radical (unpaired) electrons. The molecule has 104 valence electrons. The van der Waals surface area contributed by atoms with Gasteiger partial charge in [-0.05, 0) is 25.2 Å². The molecule has 1 rings (SSSR count). The van der Waals surface area contributed by atoms with Crippen LogP contribution in [0.1, 0.15) is 39.5 Å². The lowest BCUT2D eigenvalue weighted by atomic mass is 9.99. The van der Waals surface area contributed by atoms with E-state index in [1.807, 2.05) is 6.92 Å². The predicted octanol–water partition coefficient (Wildman–Crippen LogP) is 1.34. The summed E-state index contributed by atoms with van der Waals surface area (Å²) in [5.74, 6) is 0.750. The summed E-state index contributed by atoms with van der Waals surface area (Å²) in [5, 5.41) is 14.5. The van der Waals surface area contributed by atoms with Crippen LogP contribution in [0, 0.1) is 5.92 Å². The van der Waals surface area contributed by atoms with Crippen molar-refractivity contribution in [2.75, 3.05) is 13.1 Å². The van der Waals surface area contributed by atoms with Crippen LogP contribution in [-0.2, 0) is 0 Å². The molecule has 0 saturated carbocycles. The van der Waals surface area contributed by atoms with Gasteiger partial charge < -0.3 is 21.2 Å². The first-order valence-electron chi connectivity index (χ1n) is 6.61. The van der Waals surface area contributed by atoms with E-state index in [-0.39, 0.29) is 17.9 Å². The molecule has 6 nitrogen and oxygen atoms in total. The molecule has 6 heteroatoms. The summed E-state index contributed by atoms with van der Waals surface area (Å²) in [5.41, 5.74) is 5.57. The number of oxime groups is 1. The number of amidine groups is 1. The first kappa shape index (κ1) is 14.6. The van der Waals surface area contributed by atoms with Crippen molar-refractivity contribution in [2.24, 2.45) is 16.8 Å². The van der Waals surface area contributed by atoms with Gasteiger partial charge in [-0.3, -0.25) is 0 Å². The fourth-order valence-electron chi connectivity index (χ4n) is 2.10. The molecular weight excluding hydrogens is 232 g/mol. The Bertz CT molecular complexity index is 298. The molecule has 0 aromatic rings. The topological polar surface area (TPSA) is 91.0 Å². The zero-order valence-electron chi connectivity index (χ0n) is 11.2. The summed E-state index contributed by atoms with van der Waals surface area (Å²) >= 11 is 0. The van der Waals surface area contributed by atoms with E-state index in [1.165, 1.54) is 0 Å². The minimum Gasteiger partial charge on any atom is -0.409 e. The van der Waals surface area contributed by atoms with Gasteiger partial charge >= 0.3 is 6.03 Å². The van der Waals surface area contributed by atoms with Crippen LogP contribution < -0.4 is 11.1 Å². The highest BCUT2D eigenvalue weighted by Crippen LogP contribution is 2.16. The van der Waals surface area contributed by atoms with Crippen LogP contribution in [-0.4, -0.2) is 41.1 Å². The molecule has 0 aromatic heterocycles. The number of amides is 2. The first-order chi connectivity index (χ1) is 8.58. The first-order valence-corrected chi connectivity index (χ1v) is 6.61. The number of nitrogens with two attached hydrogens (primary N) is 1. The van der Waals surface area contributed by atoms with Crippen LogP contribution in [0.3, 0.4) is 0 Å². The number of likely N-dealkylation sites (tertiary alicyclic amines) is 1. The second-order valence-corrected chi connectivity index (χ2v) is 4.99. The molecule has 1 heterocycles. The van der Waals surface area contributed by atoms with Gasteiger partial charge in [0.15, 0.2) is 5.84 Å². The third-order valence-corrected chi connectivity index (χ3v) is 3.42. The van der Waals surface area contributed by atoms with Gasteiger partial charge in [0.25, 0.3) is 0 Å². The Hall–Kier alpha value is -1.46. The van der Waals surface area contributed by atoms with Gasteiger partial charge in [-0.1, -0.05) is 25.4 Å². The third-order valence-electron chi connectivity index (χ3n) is 3.42. The van der Waals surface area contributed by atoms with Gasteiger partial charge in [-0.15, -0.1) is 0 Å². The SMILES string of the molecule is CCCC(NC(=O)N1CCC(C)CC1)C(N)=NO. The molecule has 1 atom stereocenters. The number of carbonyl (C=O) groups is 1. The van der Waals surface area contributed by atoms with E-state index in [9.17, 15) is 4.79 Å². The summed E-state index contributed by atoms with van der Waals surface area (Å²) in [6, 6.07) is -0.501. The molecule has 1 fully saturated rings. The number of hydrogen-bond donors (Lipinski definition) is 3. The molecule has 2 amide bonds. The summed E-state index contributed by atoms with van der Waals surface area (Å²) in [6.07, 6.45) is 3.61. The highest BCUT2D eigenvalue weighted by atomic mass is 16.4. The molecule has 0 spiro atoms. The Morgan fingerprint density at radius 3 is 2.67 bits per heavy atom. The Labute approximate surface area is 108 Å². The molecule has 0 aliphatic carbocycles. The lowest BCUT2D eigenvalue weighted by Gasteiger charge is -2.31. The Kier molecular flexibility index (Phi) is 5.74. The average molecular weight is 256 g/mol. The van der Waals surface area contributed by atoms with Gasteiger partial charge in [0.05, 0.1) is 6.04 Å². The smallest absolute Gasteiger partial charge is 0.317 e. The number of nitrogens with zero attached hydrogens (tertiary/aromatic N) is 2. The van der Waals surface area contributed by atoms with Crippen LogP contribution in [0.5, 0.6) is 0 Å². The van der Waals surface area contributed by atoms with E-state index in [4.69, 9.17) is 10.9 Å². The fraction of sp³-hybridized carbons (Fsp3) is 0.833. The van der Waals surface area contributed by atoms with Crippen LogP contribution >= 0.6 is 0 Å². The van der Waals surface area contributed by atoms with Gasteiger partial charge in [-0.25, -0.2) is 4.79 Å². The van der Waals surface area contributed by atoms with Crippen LogP contribution in [0.2, 0.25) is 0 Å². The zero-order chi connectivity index (χ0) is 13.5. The van der Waals surface area contributed by atoms with E-state index in [2.05, 4.69) is 17.4 Å². The van der Waals surface area contributed by atoms with E-state index >= 15 is 0 Å².